The molecule has 1 atom stereocenters. The van der Waals surface area contributed by atoms with E-state index in [9.17, 15) is 13.6 Å². The molecule has 1 saturated heterocycles. The van der Waals surface area contributed by atoms with Crippen molar-refractivity contribution in [1.82, 2.24) is 24.7 Å². The van der Waals surface area contributed by atoms with E-state index in [2.05, 4.69) is 25.5 Å². The number of aromatic nitrogens is 5. The van der Waals surface area contributed by atoms with Gasteiger partial charge in [-0.1, -0.05) is 11.6 Å². The Labute approximate surface area is 205 Å². The van der Waals surface area contributed by atoms with Crippen molar-refractivity contribution in [2.75, 3.05) is 23.3 Å². The summed E-state index contributed by atoms with van der Waals surface area (Å²) in [4.78, 5) is 24.4. The largest absolute Gasteiger partial charge is 0.366 e. The number of alkyl halides is 2. The Morgan fingerprint density at radius 2 is 2.03 bits per heavy atom. The molecule has 0 amide bonds. The molecule has 2 aliphatic carbocycles. The van der Waals surface area contributed by atoms with Crippen LogP contribution in [0.3, 0.4) is 0 Å². The molecule has 3 aliphatic rings. The van der Waals surface area contributed by atoms with Crippen LogP contribution in [0.1, 0.15) is 38.5 Å². The summed E-state index contributed by atoms with van der Waals surface area (Å²) in [7, 11) is 1.66. The third kappa shape index (κ3) is 3.76. The van der Waals surface area contributed by atoms with Crippen molar-refractivity contribution in [1.29, 1.82) is 0 Å². The summed E-state index contributed by atoms with van der Waals surface area (Å²) in [6.07, 6.45) is 4.43. The van der Waals surface area contributed by atoms with E-state index in [1.807, 2.05) is 4.90 Å². The van der Waals surface area contributed by atoms with Gasteiger partial charge in [0.2, 0.25) is 11.9 Å². The number of nitrogens with two attached hydrogens (primary N) is 1. The van der Waals surface area contributed by atoms with Gasteiger partial charge in [0.05, 0.1) is 10.7 Å². The van der Waals surface area contributed by atoms with Crippen LogP contribution < -0.4 is 21.5 Å². The number of aromatic amines is 1. The minimum absolute atomic E-state index is 0.173. The lowest BCUT2D eigenvalue weighted by Crippen LogP contribution is -2.48. The van der Waals surface area contributed by atoms with Crippen LogP contribution in [0.4, 0.5) is 20.5 Å². The highest BCUT2D eigenvalue weighted by molar-refractivity contribution is 6.36. The van der Waals surface area contributed by atoms with E-state index in [-0.39, 0.29) is 24.0 Å². The number of piperidine rings is 1. The summed E-state index contributed by atoms with van der Waals surface area (Å²) in [6.45, 7) is 0.998. The van der Waals surface area contributed by atoms with E-state index in [1.54, 1.807) is 19.3 Å². The van der Waals surface area contributed by atoms with Crippen LogP contribution in [0, 0.1) is 5.41 Å². The van der Waals surface area contributed by atoms with Crippen LogP contribution in [0.15, 0.2) is 17.1 Å². The van der Waals surface area contributed by atoms with Crippen molar-refractivity contribution in [2.24, 2.45) is 18.2 Å². The maximum Gasteiger partial charge on any atom is 0.266 e. The Bertz CT molecular complexity index is 1360. The second-order valence-electron chi connectivity index (χ2n) is 10.2. The normalized spacial score (nSPS) is 23.3. The Balaban J connectivity index is 1.32. The summed E-state index contributed by atoms with van der Waals surface area (Å²) in [5.41, 5.74) is 6.71. The van der Waals surface area contributed by atoms with Crippen LogP contribution in [-0.4, -0.2) is 55.8 Å². The number of halogens is 3. The first-order valence-electron chi connectivity index (χ1n) is 11.9. The number of hydrogen-bond donors (Lipinski definition) is 3. The van der Waals surface area contributed by atoms with E-state index >= 15 is 0 Å². The number of H-pyrrole nitrogens is 1. The molecule has 2 saturated carbocycles. The standard InChI is InChI=1S/C23H27ClF2N8O/c1-33-20(35)15-17(13-4-7-28-19(16(13)24)29-12-2-3-12)31-32-18(15)30-21(33)34-8-5-22(6-9-34)11-23(25,26)10-14(22)27/h4,7,12,14H,2-3,5-6,8-11,27H2,1H3,(H,28,29)(H,31,32). The van der Waals surface area contributed by atoms with Gasteiger partial charge >= 0.3 is 0 Å². The number of pyridine rings is 1. The van der Waals surface area contributed by atoms with Gasteiger partial charge in [-0.25, -0.2) is 13.8 Å². The molecule has 4 N–H and O–H groups in total. The molecule has 1 unspecified atom stereocenters. The van der Waals surface area contributed by atoms with Crippen molar-refractivity contribution in [3.05, 3.63) is 27.6 Å². The average molecular weight is 505 g/mol. The van der Waals surface area contributed by atoms with Gasteiger partial charge in [0.15, 0.2) is 5.65 Å². The molecule has 1 aliphatic heterocycles. The number of rotatable bonds is 4. The van der Waals surface area contributed by atoms with Gasteiger partial charge in [0, 0.05) is 56.8 Å². The zero-order valence-electron chi connectivity index (χ0n) is 19.3. The quantitative estimate of drug-likeness (QED) is 0.499. The third-order valence-electron chi connectivity index (χ3n) is 7.81. The second-order valence-corrected chi connectivity index (χ2v) is 10.6. The second kappa shape index (κ2) is 7.86. The van der Waals surface area contributed by atoms with Gasteiger partial charge in [-0.2, -0.15) is 10.1 Å². The van der Waals surface area contributed by atoms with Crippen LogP contribution in [0.2, 0.25) is 5.02 Å². The van der Waals surface area contributed by atoms with Crippen molar-refractivity contribution < 1.29 is 8.78 Å². The SMILES string of the molecule is Cn1c(N2CCC3(CC2)CC(F)(F)CC3N)nc2n[nH]c(-c3ccnc(NC4CC4)c3Cl)c2c1=O. The highest BCUT2D eigenvalue weighted by Gasteiger charge is 2.55. The van der Waals surface area contributed by atoms with Crippen molar-refractivity contribution >= 4 is 34.4 Å². The zero-order chi connectivity index (χ0) is 24.5. The van der Waals surface area contributed by atoms with E-state index in [1.165, 1.54) is 4.57 Å². The van der Waals surface area contributed by atoms with E-state index in [0.29, 0.717) is 65.4 Å². The summed E-state index contributed by atoms with van der Waals surface area (Å²) < 4.78 is 29.5. The summed E-state index contributed by atoms with van der Waals surface area (Å²) in [5, 5.41) is 11.3. The number of nitrogens with zero attached hydrogens (tertiary/aromatic N) is 5. The summed E-state index contributed by atoms with van der Waals surface area (Å²) >= 11 is 6.63. The molecule has 0 bridgehead atoms. The minimum atomic E-state index is -2.71. The maximum atomic E-state index is 14.0. The predicted octanol–water partition coefficient (Wildman–Crippen LogP) is 3.29. The molecule has 12 heteroatoms. The predicted molar refractivity (Wildman–Crippen MR) is 130 cm³/mol. The lowest BCUT2D eigenvalue weighted by molar-refractivity contribution is -0.00686. The van der Waals surface area contributed by atoms with Gasteiger partial charge in [0.25, 0.3) is 5.56 Å². The van der Waals surface area contributed by atoms with Gasteiger partial charge in [0.1, 0.15) is 11.2 Å². The summed E-state index contributed by atoms with van der Waals surface area (Å²) in [6, 6.07) is 1.60. The first kappa shape index (κ1) is 22.7. The Kier molecular flexibility index (Phi) is 5.09. The van der Waals surface area contributed by atoms with Crippen LogP contribution in [0.25, 0.3) is 22.3 Å². The monoisotopic (exact) mass is 504 g/mol. The Hall–Kier alpha value is -2.79. The zero-order valence-corrected chi connectivity index (χ0v) is 20.1. The summed E-state index contributed by atoms with van der Waals surface area (Å²) in [5.74, 6) is -1.67. The van der Waals surface area contributed by atoms with Gasteiger partial charge in [-0.3, -0.25) is 14.5 Å². The molecule has 3 aromatic heterocycles. The average Bonchev–Trinajstić information content (AvgIpc) is 3.48. The molecule has 3 fully saturated rings. The lowest BCUT2D eigenvalue weighted by atomic mass is 9.74. The molecule has 186 valence electrons. The molecule has 35 heavy (non-hydrogen) atoms. The maximum absolute atomic E-state index is 14.0. The van der Waals surface area contributed by atoms with E-state index < -0.39 is 17.4 Å². The van der Waals surface area contributed by atoms with Crippen molar-refractivity contribution in [3.63, 3.8) is 0 Å². The highest BCUT2D eigenvalue weighted by atomic mass is 35.5. The first-order valence-corrected chi connectivity index (χ1v) is 12.3. The number of nitrogens with one attached hydrogen (secondary N) is 2. The van der Waals surface area contributed by atoms with E-state index in [0.717, 1.165) is 12.8 Å². The Morgan fingerprint density at radius 1 is 1.29 bits per heavy atom. The molecule has 1 spiro atoms. The number of anilines is 2. The fraction of sp³-hybridized carbons (Fsp3) is 0.565. The molecule has 6 rings (SSSR count). The highest BCUT2D eigenvalue weighted by Crippen LogP contribution is 2.52. The molecule has 0 radical (unpaired) electrons. The smallest absolute Gasteiger partial charge is 0.266 e. The van der Waals surface area contributed by atoms with Crippen molar-refractivity contribution in [2.45, 2.75) is 56.5 Å². The number of hydrogen-bond acceptors (Lipinski definition) is 7. The van der Waals surface area contributed by atoms with Gasteiger partial charge in [-0.15, -0.1) is 0 Å². The van der Waals surface area contributed by atoms with Gasteiger partial charge in [-0.05, 0) is 37.2 Å². The topological polar surface area (TPSA) is 118 Å². The Morgan fingerprint density at radius 3 is 2.69 bits per heavy atom. The van der Waals surface area contributed by atoms with E-state index in [4.69, 9.17) is 17.3 Å². The third-order valence-corrected chi connectivity index (χ3v) is 8.19. The first-order chi connectivity index (χ1) is 16.7. The van der Waals surface area contributed by atoms with Gasteiger partial charge < -0.3 is 16.0 Å². The van der Waals surface area contributed by atoms with Crippen LogP contribution in [-0.2, 0) is 7.05 Å². The minimum Gasteiger partial charge on any atom is -0.366 e. The molecule has 3 aromatic rings. The van der Waals surface area contributed by atoms with Crippen LogP contribution in [0.5, 0.6) is 0 Å². The molecule has 4 heterocycles. The fourth-order valence-electron chi connectivity index (χ4n) is 5.64. The molecular formula is C23H27ClF2N8O. The fourth-order valence-corrected chi connectivity index (χ4v) is 5.90. The molecule has 9 nitrogen and oxygen atoms in total. The lowest BCUT2D eigenvalue weighted by Gasteiger charge is -2.42. The molecule has 0 aromatic carbocycles. The van der Waals surface area contributed by atoms with Crippen molar-refractivity contribution in [3.8, 4) is 11.3 Å². The number of fused-ring (bicyclic) bond motifs is 1. The molecular weight excluding hydrogens is 478 g/mol. The van der Waals surface area contributed by atoms with Crippen LogP contribution >= 0.6 is 11.6 Å².